The van der Waals surface area contributed by atoms with Crippen molar-refractivity contribution < 1.29 is 9.59 Å². The molecule has 7 heteroatoms. The van der Waals surface area contributed by atoms with Crippen molar-refractivity contribution in [2.75, 3.05) is 10.6 Å². The van der Waals surface area contributed by atoms with Gasteiger partial charge in [0.05, 0.1) is 11.6 Å². The molecule has 0 radical (unpaired) electrons. The first-order chi connectivity index (χ1) is 15.0. The van der Waals surface area contributed by atoms with Crippen molar-refractivity contribution in [1.82, 2.24) is 9.78 Å². The Labute approximate surface area is 178 Å². The minimum absolute atomic E-state index is 0.219. The lowest BCUT2D eigenvalue weighted by Crippen LogP contribution is -2.29. The van der Waals surface area contributed by atoms with E-state index in [1.54, 1.807) is 73.8 Å². The fourth-order valence-electron chi connectivity index (χ4n) is 3.26. The second-order valence-corrected chi connectivity index (χ2v) is 7.04. The summed E-state index contributed by atoms with van der Waals surface area (Å²) in [6.07, 6.45) is 1.56. The summed E-state index contributed by atoms with van der Waals surface area (Å²) < 4.78 is 1.13. The molecule has 2 amide bonds. The first kappa shape index (κ1) is 20.0. The summed E-state index contributed by atoms with van der Waals surface area (Å²) in [6, 6.07) is 21.2. The van der Waals surface area contributed by atoms with Crippen molar-refractivity contribution in [1.29, 1.82) is 0 Å². The van der Waals surface area contributed by atoms with Gasteiger partial charge in [0.15, 0.2) is 0 Å². The highest BCUT2D eigenvalue weighted by Crippen LogP contribution is 2.24. The Balaban J connectivity index is 1.50. The molecule has 0 saturated heterocycles. The second-order valence-electron chi connectivity index (χ2n) is 7.04. The molecule has 0 atom stereocenters. The van der Waals surface area contributed by atoms with Gasteiger partial charge in [-0.1, -0.05) is 42.5 Å². The van der Waals surface area contributed by atoms with Crippen LogP contribution < -0.4 is 16.2 Å². The fourth-order valence-corrected chi connectivity index (χ4v) is 3.26. The monoisotopic (exact) mass is 412 g/mol. The Kier molecular flexibility index (Phi) is 5.57. The first-order valence-electron chi connectivity index (χ1n) is 9.73. The van der Waals surface area contributed by atoms with Crippen molar-refractivity contribution in [2.45, 2.75) is 13.5 Å². The van der Waals surface area contributed by atoms with E-state index in [0.29, 0.717) is 27.9 Å². The summed E-state index contributed by atoms with van der Waals surface area (Å²) in [5.74, 6) is -0.626. The quantitative estimate of drug-likeness (QED) is 0.524. The lowest BCUT2D eigenvalue weighted by Gasteiger charge is -2.14. The van der Waals surface area contributed by atoms with E-state index >= 15 is 0 Å². The smallest absolute Gasteiger partial charge is 0.275 e. The Hall–Kier alpha value is -4.26. The molecule has 0 saturated carbocycles. The van der Waals surface area contributed by atoms with E-state index in [-0.39, 0.29) is 23.9 Å². The molecule has 0 bridgehead atoms. The molecule has 4 aromatic rings. The number of hydrogen-bond acceptors (Lipinski definition) is 4. The summed E-state index contributed by atoms with van der Waals surface area (Å²) in [6.45, 7) is 1.58. The Bertz CT molecular complexity index is 1330. The number of nitrogens with one attached hydrogen (secondary N) is 2. The van der Waals surface area contributed by atoms with Gasteiger partial charge in [-0.05, 0) is 42.8 Å². The predicted molar refractivity (Wildman–Crippen MR) is 120 cm³/mol. The SMILES string of the molecule is Cc1c(NC(=O)Cn2ncc3ccccc3c2=O)cccc1NC(=O)c1ccccc1. The lowest BCUT2D eigenvalue weighted by molar-refractivity contribution is -0.117. The third-order valence-electron chi connectivity index (χ3n) is 4.95. The van der Waals surface area contributed by atoms with Gasteiger partial charge in [-0.25, -0.2) is 4.68 Å². The van der Waals surface area contributed by atoms with Crippen molar-refractivity contribution in [2.24, 2.45) is 0 Å². The molecular formula is C24H20N4O3. The van der Waals surface area contributed by atoms with E-state index in [1.807, 2.05) is 12.1 Å². The van der Waals surface area contributed by atoms with Crippen LogP contribution >= 0.6 is 0 Å². The molecule has 0 spiro atoms. The molecule has 0 fully saturated rings. The third-order valence-corrected chi connectivity index (χ3v) is 4.95. The maximum atomic E-state index is 12.6. The van der Waals surface area contributed by atoms with E-state index in [0.717, 1.165) is 10.1 Å². The van der Waals surface area contributed by atoms with Gasteiger partial charge < -0.3 is 10.6 Å². The van der Waals surface area contributed by atoms with E-state index < -0.39 is 0 Å². The molecule has 7 nitrogen and oxygen atoms in total. The minimum atomic E-state index is -0.389. The minimum Gasteiger partial charge on any atom is -0.324 e. The van der Waals surface area contributed by atoms with Crippen LogP contribution in [-0.4, -0.2) is 21.6 Å². The zero-order chi connectivity index (χ0) is 21.8. The molecule has 2 N–H and O–H groups in total. The topological polar surface area (TPSA) is 93.1 Å². The number of benzene rings is 3. The number of nitrogens with zero attached hydrogens (tertiary/aromatic N) is 2. The van der Waals surface area contributed by atoms with Gasteiger partial charge in [-0.2, -0.15) is 5.10 Å². The van der Waals surface area contributed by atoms with Crippen LogP contribution in [-0.2, 0) is 11.3 Å². The summed E-state index contributed by atoms with van der Waals surface area (Å²) in [5, 5.41) is 11.0. The molecule has 0 unspecified atom stereocenters. The number of anilines is 2. The highest BCUT2D eigenvalue weighted by atomic mass is 16.2. The van der Waals surface area contributed by atoms with Crippen molar-refractivity contribution >= 4 is 34.0 Å². The Morgan fingerprint density at radius 2 is 1.55 bits per heavy atom. The van der Waals surface area contributed by atoms with Gasteiger partial charge >= 0.3 is 0 Å². The maximum Gasteiger partial charge on any atom is 0.275 e. The lowest BCUT2D eigenvalue weighted by atomic mass is 10.1. The summed E-state index contributed by atoms with van der Waals surface area (Å²) in [5.41, 5.74) is 2.06. The second kappa shape index (κ2) is 8.62. The number of aromatic nitrogens is 2. The molecule has 31 heavy (non-hydrogen) atoms. The van der Waals surface area contributed by atoms with E-state index in [9.17, 15) is 14.4 Å². The number of rotatable bonds is 5. The summed E-state index contributed by atoms with van der Waals surface area (Å²) in [7, 11) is 0. The Morgan fingerprint density at radius 1 is 0.871 bits per heavy atom. The number of carbonyl (C=O) groups excluding carboxylic acids is 2. The molecule has 0 aliphatic carbocycles. The van der Waals surface area contributed by atoms with Gasteiger partial charge in [0.1, 0.15) is 6.54 Å². The van der Waals surface area contributed by atoms with Gasteiger partial charge in [0.25, 0.3) is 11.5 Å². The number of amides is 2. The van der Waals surface area contributed by atoms with Gasteiger partial charge in [-0.3, -0.25) is 14.4 Å². The fraction of sp³-hybridized carbons (Fsp3) is 0.0833. The summed E-state index contributed by atoms with van der Waals surface area (Å²) in [4.78, 5) is 37.6. The highest BCUT2D eigenvalue weighted by Gasteiger charge is 2.13. The molecule has 1 aromatic heterocycles. The molecule has 0 aliphatic heterocycles. The average molecular weight is 412 g/mol. The summed E-state index contributed by atoms with van der Waals surface area (Å²) >= 11 is 0. The maximum absolute atomic E-state index is 12.6. The van der Waals surface area contributed by atoms with Gasteiger partial charge in [-0.15, -0.1) is 0 Å². The molecule has 154 valence electrons. The largest absolute Gasteiger partial charge is 0.324 e. The van der Waals surface area contributed by atoms with Crippen LogP contribution in [0.3, 0.4) is 0 Å². The zero-order valence-corrected chi connectivity index (χ0v) is 16.8. The number of hydrogen-bond donors (Lipinski definition) is 2. The molecule has 3 aromatic carbocycles. The van der Waals surface area contributed by atoms with Crippen LogP contribution in [0.4, 0.5) is 11.4 Å². The average Bonchev–Trinajstić information content (AvgIpc) is 2.79. The van der Waals surface area contributed by atoms with Crippen LogP contribution in [0, 0.1) is 6.92 Å². The highest BCUT2D eigenvalue weighted by molar-refractivity contribution is 6.05. The molecule has 0 aliphatic rings. The van der Waals surface area contributed by atoms with Crippen molar-refractivity contribution in [3.63, 3.8) is 0 Å². The van der Waals surface area contributed by atoms with E-state index in [2.05, 4.69) is 15.7 Å². The predicted octanol–water partition coefficient (Wildman–Crippen LogP) is 3.60. The number of carbonyl (C=O) groups is 2. The molecule has 4 rings (SSSR count). The zero-order valence-electron chi connectivity index (χ0n) is 16.8. The third kappa shape index (κ3) is 4.35. The Morgan fingerprint density at radius 3 is 2.32 bits per heavy atom. The van der Waals surface area contributed by atoms with Gasteiger partial charge in [0.2, 0.25) is 5.91 Å². The van der Waals surface area contributed by atoms with Crippen LogP contribution in [0.1, 0.15) is 15.9 Å². The van der Waals surface area contributed by atoms with Crippen molar-refractivity contribution in [3.05, 3.63) is 100 Å². The van der Waals surface area contributed by atoms with E-state index in [1.165, 1.54) is 0 Å². The van der Waals surface area contributed by atoms with Crippen molar-refractivity contribution in [3.8, 4) is 0 Å². The standard InChI is InChI=1S/C24H20N4O3/c1-16-20(12-7-13-21(16)27-23(30)17-8-3-2-4-9-17)26-22(29)15-28-24(31)19-11-6-5-10-18(19)14-25-28/h2-14H,15H2,1H3,(H,26,29)(H,27,30). The van der Waals surface area contributed by atoms with E-state index in [4.69, 9.17) is 0 Å². The molecule has 1 heterocycles. The first-order valence-corrected chi connectivity index (χ1v) is 9.73. The van der Waals surface area contributed by atoms with Crippen LogP contribution in [0.25, 0.3) is 10.8 Å². The van der Waals surface area contributed by atoms with Crippen LogP contribution in [0.5, 0.6) is 0 Å². The normalized spacial score (nSPS) is 10.6. The molecular weight excluding hydrogens is 392 g/mol. The van der Waals surface area contributed by atoms with Gasteiger partial charge in [0, 0.05) is 22.3 Å². The number of fused-ring (bicyclic) bond motifs is 1. The van der Waals surface area contributed by atoms with Crippen LogP contribution in [0.2, 0.25) is 0 Å². The van der Waals surface area contributed by atoms with Crippen LogP contribution in [0.15, 0.2) is 83.8 Å².